The van der Waals surface area contributed by atoms with Crippen molar-refractivity contribution in [3.63, 3.8) is 0 Å². The molecule has 32 heavy (non-hydrogen) atoms. The van der Waals surface area contributed by atoms with Crippen molar-refractivity contribution < 1.29 is 26.7 Å². The molecule has 4 rings (SSSR count). The van der Waals surface area contributed by atoms with E-state index in [-0.39, 0.29) is 16.9 Å². The van der Waals surface area contributed by atoms with Gasteiger partial charge in [-0.25, -0.2) is 18.3 Å². The molecule has 2 unspecified atom stereocenters. The zero-order valence-electron chi connectivity index (χ0n) is 16.9. The van der Waals surface area contributed by atoms with Crippen LogP contribution in [0.25, 0.3) is 16.8 Å². The number of nitrogens with zero attached hydrogens (tertiary/aromatic N) is 3. The predicted molar refractivity (Wildman–Crippen MR) is 109 cm³/mol. The molecule has 1 fully saturated rings. The van der Waals surface area contributed by atoms with Gasteiger partial charge in [0.25, 0.3) is 11.8 Å². The first kappa shape index (κ1) is 22.6. The zero-order chi connectivity index (χ0) is 23.3. The molecule has 2 atom stereocenters. The number of thiophene rings is 1. The third-order valence-corrected chi connectivity index (χ3v) is 6.82. The van der Waals surface area contributed by atoms with Crippen LogP contribution in [-0.4, -0.2) is 38.5 Å². The minimum atomic E-state index is -4.56. The Bertz CT molecular complexity index is 1160. The molecule has 1 aliphatic rings. The summed E-state index contributed by atoms with van der Waals surface area (Å²) in [4.78, 5) is 17.6. The summed E-state index contributed by atoms with van der Waals surface area (Å²) in [6.45, 7) is 1.85. The van der Waals surface area contributed by atoms with Crippen LogP contribution in [0.4, 0.5) is 22.0 Å². The van der Waals surface area contributed by atoms with Gasteiger partial charge < -0.3 is 11.1 Å². The fraction of sp³-hybridized carbons (Fsp3) is 0.450. The number of aryl methyl sites for hydroxylation is 1. The van der Waals surface area contributed by atoms with Crippen molar-refractivity contribution in [1.82, 2.24) is 19.9 Å². The SMILES string of the molecule is CCc1sc(C(=O)NC2C(N)CCCC2(F)F)cc1-c1cnn2cc(C(F)(F)F)cnc12. The number of alkyl halides is 5. The Morgan fingerprint density at radius 1 is 1.34 bits per heavy atom. The number of carbonyl (C=O) groups is 1. The van der Waals surface area contributed by atoms with Crippen molar-refractivity contribution in [2.24, 2.45) is 5.73 Å². The number of rotatable bonds is 4. The largest absolute Gasteiger partial charge is 0.419 e. The van der Waals surface area contributed by atoms with E-state index in [0.29, 0.717) is 30.4 Å². The van der Waals surface area contributed by atoms with Gasteiger partial charge in [0, 0.05) is 40.9 Å². The Kier molecular flexibility index (Phi) is 5.70. The predicted octanol–water partition coefficient (Wildman–Crippen LogP) is 4.28. The summed E-state index contributed by atoms with van der Waals surface area (Å²) in [5, 5.41) is 6.35. The van der Waals surface area contributed by atoms with Crippen molar-refractivity contribution >= 4 is 22.9 Å². The van der Waals surface area contributed by atoms with Gasteiger partial charge in [-0.3, -0.25) is 4.79 Å². The van der Waals surface area contributed by atoms with Crippen LogP contribution in [-0.2, 0) is 12.6 Å². The molecule has 0 bridgehead atoms. The first-order valence-electron chi connectivity index (χ1n) is 9.99. The molecule has 3 heterocycles. The highest BCUT2D eigenvalue weighted by atomic mass is 32.1. The second-order valence-electron chi connectivity index (χ2n) is 7.74. The molecule has 3 aromatic rings. The van der Waals surface area contributed by atoms with Crippen LogP contribution >= 0.6 is 11.3 Å². The van der Waals surface area contributed by atoms with E-state index >= 15 is 0 Å². The van der Waals surface area contributed by atoms with Gasteiger partial charge in [-0.15, -0.1) is 11.3 Å². The van der Waals surface area contributed by atoms with Gasteiger partial charge in [0.05, 0.1) is 16.6 Å². The molecule has 1 aliphatic carbocycles. The lowest BCUT2D eigenvalue weighted by molar-refractivity contribution is -0.138. The highest BCUT2D eigenvalue weighted by Crippen LogP contribution is 2.37. The molecule has 12 heteroatoms. The highest BCUT2D eigenvalue weighted by molar-refractivity contribution is 7.14. The van der Waals surface area contributed by atoms with E-state index in [2.05, 4.69) is 15.4 Å². The summed E-state index contributed by atoms with van der Waals surface area (Å²) in [6.07, 6.45) is -0.761. The summed E-state index contributed by atoms with van der Waals surface area (Å²) in [7, 11) is 0. The van der Waals surface area contributed by atoms with Crippen LogP contribution in [0.15, 0.2) is 24.7 Å². The third-order valence-electron chi connectivity index (χ3n) is 5.55. The second kappa shape index (κ2) is 8.07. The zero-order valence-corrected chi connectivity index (χ0v) is 17.7. The van der Waals surface area contributed by atoms with Crippen molar-refractivity contribution in [2.75, 3.05) is 0 Å². The van der Waals surface area contributed by atoms with Crippen LogP contribution in [0.3, 0.4) is 0 Å². The van der Waals surface area contributed by atoms with Gasteiger partial charge in [0.1, 0.15) is 6.04 Å². The average molecular weight is 473 g/mol. The number of hydrogen-bond donors (Lipinski definition) is 2. The van der Waals surface area contributed by atoms with Gasteiger partial charge in [0.15, 0.2) is 5.65 Å². The minimum absolute atomic E-state index is 0.193. The van der Waals surface area contributed by atoms with Crippen LogP contribution < -0.4 is 11.1 Å². The molecule has 6 nitrogen and oxygen atoms in total. The van der Waals surface area contributed by atoms with E-state index in [1.54, 1.807) is 0 Å². The lowest BCUT2D eigenvalue weighted by atomic mass is 9.87. The average Bonchev–Trinajstić information content (AvgIpc) is 3.33. The summed E-state index contributed by atoms with van der Waals surface area (Å²) >= 11 is 1.13. The number of halogens is 5. The van der Waals surface area contributed by atoms with Crippen molar-refractivity contribution in [3.8, 4) is 11.1 Å². The molecule has 0 saturated heterocycles. The first-order chi connectivity index (χ1) is 15.0. The Labute approximate surface area is 183 Å². The van der Waals surface area contributed by atoms with Gasteiger partial charge >= 0.3 is 6.18 Å². The molecule has 172 valence electrons. The normalized spacial score (nSPS) is 21.1. The van der Waals surface area contributed by atoms with E-state index in [9.17, 15) is 26.7 Å². The van der Waals surface area contributed by atoms with Crippen LogP contribution in [0, 0.1) is 0 Å². The number of hydrogen-bond acceptors (Lipinski definition) is 5. The highest BCUT2D eigenvalue weighted by Gasteiger charge is 2.46. The lowest BCUT2D eigenvalue weighted by Gasteiger charge is -2.36. The van der Waals surface area contributed by atoms with Crippen molar-refractivity contribution in [1.29, 1.82) is 0 Å². The van der Waals surface area contributed by atoms with Gasteiger partial charge in [-0.2, -0.15) is 18.3 Å². The van der Waals surface area contributed by atoms with Gasteiger partial charge in [-0.05, 0) is 25.3 Å². The fourth-order valence-electron chi connectivity index (χ4n) is 3.88. The van der Waals surface area contributed by atoms with Crippen LogP contribution in [0.5, 0.6) is 0 Å². The molecule has 0 aliphatic heterocycles. The number of nitrogens with one attached hydrogen (secondary N) is 1. The number of amides is 1. The molecular weight excluding hydrogens is 453 g/mol. The van der Waals surface area contributed by atoms with Crippen molar-refractivity contribution in [2.45, 2.75) is 56.8 Å². The third kappa shape index (κ3) is 4.08. The van der Waals surface area contributed by atoms with E-state index in [1.807, 2.05) is 6.92 Å². The van der Waals surface area contributed by atoms with Crippen LogP contribution in [0.2, 0.25) is 0 Å². The number of nitrogens with two attached hydrogens (primary N) is 1. The summed E-state index contributed by atoms with van der Waals surface area (Å²) in [6, 6.07) is -0.778. The molecule has 1 amide bonds. The summed E-state index contributed by atoms with van der Waals surface area (Å²) < 4.78 is 68.4. The van der Waals surface area contributed by atoms with Crippen LogP contribution in [0.1, 0.15) is 46.3 Å². The summed E-state index contributed by atoms with van der Waals surface area (Å²) in [5.74, 6) is -3.76. The standard InChI is InChI=1S/C20H20F5N5OS/c1-2-14-11(12-8-28-30-9-10(20(23,24)25)7-27-17(12)30)6-15(32-14)18(31)29-16-13(26)4-3-5-19(16,21)22/h6-9,13,16H,2-5,26H2,1H3,(H,29,31). The second-order valence-corrected chi connectivity index (χ2v) is 8.87. The van der Waals surface area contributed by atoms with Gasteiger partial charge in [0.2, 0.25) is 0 Å². The Morgan fingerprint density at radius 2 is 2.09 bits per heavy atom. The maximum absolute atomic E-state index is 14.3. The van der Waals surface area contributed by atoms with E-state index in [0.717, 1.165) is 33.1 Å². The van der Waals surface area contributed by atoms with Gasteiger partial charge in [-0.1, -0.05) is 6.92 Å². The number of aromatic nitrogens is 3. The number of fused-ring (bicyclic) bond motifs is 1. The topological polar surface area (TPSA) is 85.3 Å². The molecule has 3 N–H and O–H groups in total. The molecule has 3 aromatic heterocycles. The van der Waals surface area contributed by atoms with Crippen molar-refractivity contribution in [3.05, 3.63) is 40.0 Å². The van der Waals surface area contributed by atoms with E-state index < -0.39 is 35.7 Å². The molecule has 0 spiro atoms. The first-order valence-corrected chi connectivity index (χ1v) is 10.8. The smallest absolute Gasteiger partial charge is 0.341 e. The monoisotopic (exact) mass is 473 g/mol. The molecule has 0 radical (unpaired) electrons. The fourth-order valence-corrected chi connectivity index (χ4v) is 4.89. The quantitative estimate of drug-likeness (QED) is 0.554. The Balaban J connectivity index is 1.66. The molecule has 0 aromatic carbocycles. The molecular formula is C20H20F5N5OS. The number of carbonyl (C=O) groups excluding carboxylic acids is 1. The Hall–Kier alpha value is -2.60. The molecule has 1 saturated carbocycles. The summed E-state index contributed by atoms with van der Waals surface area (Å²) in [5.41, 5.74) is 6.11. The maximum Gasteiger partial charge on any atom is 0.419 e. The van der Waals surface area contributed by atoms with E-state index in [4.69, 9.17) is 5.73 Å². The maximum atomic E-state index is 14.3. The van der Waals surface area contributed by atoms with E-state index in [1.165, 1.54) is 12.3 Å². The lowest BCUT2D eigenvalue weighted by Crippen LogP contribution is -2.59. The Morgan fingerprint density at radius 3 is 2.75 bits per heavy atom. The minimum Gasteiger partial charge on any atom is -0.341 e.